The fraction of sp³-hybridized carbons (Fsp3) is 0.467. The minimum absolute atomic E-state index is 0.509. The molecule has 0 bridgehead atoms. The number of amides is 1. The van der Waals surface area contributed by atoms with Crippen LogP contribution in [0.4, 0.5) is 10.5 Å². The molecule has 0 radical (unpaired) electrons. The summed E-state index contributed by atoms with van der Waals surface area (Å²) in [6, 6.07) is 5.20. The van der Waals surface area contributed by atoms with E-state index < -0.39 is 23.1 Å². The summed E-state index contributed by atoms with van der Waals surface area (Å²) in [4.78, 5) is 23.2. The molecule has 1 aliphatic rings. The van der Waals surface area contributed by atoms with E-state index in [-0.39, 0.29) is 0 Å². The Morgan fingerprint density at radius 1 is 1.33 bits per heavy atom. The van der Waals surface area contributed by atoms with Crippen LogP contribution >= 0.6 is 15.9 Å². The molecule has 21 heavy (non-hydrogen) atoms. The van der Waals surface area contributed by atoms with Crippen molar-refractivity contribution in [1.29, 1.82) is 0 Å². The molecule has 1 aliphatic carbocycles. The Bertz CT molecular complexity index is 588. The SMILES string of the molecule is CC(C)(C)OC(=O)Nc1cc(C2(C(=O)O)CC2)ccc1Br. The Kier molecular flexibility index (Phi) is 4.02. The van der Waals surface area contributed by atoms with Gasteiger partial charge in [0.1, 0.15) is 5.60 Å². The van der Waals surface area contributed by atoms with E-state index in [1.165, 1.54) is 0 Å². The van der Waals surface area contributed by atoms with Gasteiger partial charge in [0.25, 0.3) is 0 Å². The first-order valence-electron chi connectivity index (χ1n) is 6.67. The maximum Gasteiger partial charge on any atom is 0.412 e. The highest BCUT2D eigenvalue weighted by Gasteiger charge is 2.51. The Hall–Kier alpha value is -1.56. The fourth-order valence-electron chi connectivity index (χ4n) is 2.08. The highest BCUT2D eigenvalue weighted by molar-refractivity contribution is 9.10. The molecule has 2 rings (SSSR count). The molecule has 0 aromatic heterocycles. The lowest BCUT2D eigenvalue weighted by Crippen LogP contribution is -2.27. The zero-order valence-corrected chi connectivity index (χ0v) is 13.8. The number of halogens is 1. The third-order valence-electron chi connectivity index (χ3n) is 3.31. The predicted molar refractivity (Wildman–Crippen MR) is 82.5 cm³/mol. The zero-order valence-electron chi connectivity index (χ0n) is 12.2. The number of carboxylic acid groups (broad SMARTS) is 1. The van der Waals surface area contributed by atoms with Crippen molar-refractivity contribution in [2.75, 3.05) is 5.32 Å². The average Bonchev–Trinajstić information content (AvgIpc) is 3.10. The van der Waals surface area contributed by atoms with Gasteiger partial charge in [-0.3, -0.25) is 10.1 Å². The van der Waals surface area contributed by atoms with E-state index in [1.54, 1.807) is 39.0 Å². The predicted octanol–water partition coefficient (Wildman–Crippen LogP) is 3.91. The Morgan fingerprint density at radius 3 is 2.43 bits per heavy atom. The molecule has 1 aromatic carbocycles. The first-order chi connectivity index (χ1) is 9.64. The van der Waals surface area contributed by atoms with Gasteiger partial charge in [0.15, 0.2) is 0 Å². The lowest BCUT2D eigenvalue weighted by molar-refractivity contribution is -0.140. The van der Waals surface area contributed by atoms with Crippen molar-refractivity contribution in [3.63, 3.8) is 0 Å². The van der Waals surface area contributed by atoms with Gasteiger partial charge in [-0.15, -0.1) is 0 Å². The molecule has 1 amide bonds. The molecule has 0 atom stereocenters. The van der Waals surface area contributed by atoms with Crippen molar-refractivity contribution in [1.82, 2.24) is 0 Å². The van der Waals surface area contributed by atoms with Gasteiger partial charge < -0.3 is 9.84 Å². The van der Waals surface area contributed by atoms with Crippen molar-refractivity contribution in [2.24, 2.45) is 0 Å². The van der Waals surface area contributed by atoms with E-state index >= 15 is 0 Å². The number of carboxylic acids is 1. The summed E-state index contributed by atoms with van der Waals surface area (Å²) < 4.78 is 5.88. The van der Waals surface area contributed by atoms with Crippen LogP contribution in [0.3, 0.4) is 0 Å². The highest BCUT2D eigenvalue weighted by Crippen LogP contribution is 2.49. The largest absolute Gasteiger partial charge is 0.481 e. The smallest absolute Gasteiger partial charge is 0.412 e. The van der Waals surface area contributed by atoms with Crippen molar-refractivity contribution in [2.45, 2.75) is 44.6 Å². The minimum atomic E-state index is -0.826. The topological polar surface area (TPSA) is 75.6 Å². The van der Waals surface area contributed by atoms with E-state index in [9.17, 15) is 14.7 Å². The first-order valence-corrected chi connectivity index (χ1v) is 7.47. The molecule has 6 heteroatoms. The monoisotopic (exact) mass is 355 g/mol. The van der Waals surface area contributed by atoms with Crippen molar-refractivity contribution in [3.05, 3.63) is 28.2 Å². The van der Waals surface area contributed by atoms with Crippen LogP contribution in [0.2, 0.25) is 0 Å². The summed E-state index contributed by atoms with van der Waals surface area (Å²) in [6.45, 7) is 5.34. The normalized spacial score (nSPS) is 16.2. The number of rotatable bonds is 3. The number of benzene rings is 1. The standard InChI is InChI=1S/C15H18BrNO4/c1-14(2,3)21-13(20)17-11-8-9(4-5-10(11)16)15(6-7-15)12(18)19/h4-5,8H,6-7H2,1-3H3,(H,17,20)(H,18,19). The maximum absolute atomic E-state index is 11.8. The quantitative estimate of drug-likeness (QED) is 0.861. The summed E-state index contributed by atoms with van der Waals surface area (Å²) in [5.41, 5.74) is -0.184. The van der Waals surface area contributed by atoms with Gasteiger partial charge in [0, 0.05) is 4.47 Å². The molecule has 0 aliphatic heterocycles. The highest BCUT2D eigenvalue weighted by atomic mass is 79.9. The van der Waals surface area contributed by atoms with Crippen LogP contribution in [0.1, 0.15) is 39.2 Å². The average molecular weight is 356 g/mol. The van der Waals surface area contributed by atoms with E-state index in [0.29, 0.717) is 28.6 Å². The molecule has 0 unspecified atom stereocenters. The summed E-state index contributed by atoms with van der Waals surface area (Å²) >= 11 is 3.35. The number of aliphatic carboxylic acids is 1. The Morgan fingerprint density at radius 2 is 1.95 bits per heavy atom. The maximum atomic E-state index is 11.8. The molecule has 114 valence electrons. The number of anilines is 1. The zero-order chi connectivity index (χ0) is 15.8. The Labute approximate surface area is 131 Å². The van der Waals surface area contributed by atoms with Crippen LogP contribution in [0.5, 0.6) is 0 Å². The van der Waals surface area contributed by atoms with Gasteiger partial charge in [-0.05, 0) is 67.2 Å². The second kappa shape index (κ2) is 5.33. The van der Waals surface area contributed by atoms with Crippen LogP contribution in [0.25, 0.3) is 0 Å². The number of nitrogens with one attached hydrogen (secondary N) is 1. The van der Waals surface area contributed by atoms with Crippen LogP contribution < -0.4 is 5.32 Å². The second-order valence-corrected chi connectivity index (χ2v) is 7.06. The van der Waals surface area contributed by atoms with Crippen LogP contribution in [-0.4, -0.2) is 22.8 Å². The van der Waals surface area contributed by atoms with Crippen molar-refractivity contribution < 1.29 is 19.4 Å². The van der Waals surface area contributed by atoms with Gasteiger partial charge in [-0.1, -0.05) is 6.07 Å². The van der Waals surface area contributed by atoms with E-state index in [1.807, 2.05) is 0 Å². The number of carbonyl (C=O) groups is 2. The van der Waals surface area contributed by atoms with Crippen molar-refractivity contribution in [3.8, 4) is 0 Å². The van der Waals surface area contributed by atoms with Crippen LogP contribution in [-0.2, 0) is 14.9 Å². The van der Waals surface area contributed by atoms with Gasteiger partial charge in [-0.2, -0.15) is 0 Å². The van der Waals surface area contributed by atoms with Gasteiger partial charge in [-0.25, -0.2) is 4.79 Å². The number of carbonyl (C=O) groups excluding carboxylic acids is 1. The molecule has 1 saturated carbocycles. The third kappa shape index (κ3) is 3.56. The number of ether oxygens (including phenoxy) is 1. The summed E-state index contributed by atoms with van der Waals surface area (Å²) in [5.74, 6) is -0.826. The van der Waals surface area contributed by atoms with Gasteiger partial charge in [0.2, 0.25) is 0 Å². The molecular formula is C15H18BrNO4. The number of hydrogen-bond acceptors (Lipinski definition) is 3. The molecule has 0 saturated heterocycles. The molecule has 1 aromatic rings. The molecular weight excluding hydrogens is 338 g/mol. The molecule has 0 spiro atoms. The third-order valence-corrected chi connectivity index (χ3v) is 4.01. The summed E-state index contributed by atoms with van der Waals surface area (Å²) in [7, 11) is 0. The van der Waals surface area contributed by atoms with Gasteiger partial charge in [0.05, 0.1) is 11.1 Å². The van der Waals surface area contributed by atoms with E-state index in [2.05, 4.69) is 21.2 Å². The molecule has 5 nitrogen and oxygen atoms in total. The minimum Gasteiger partial charge on any atom is -0.481 e. The van der Waals surface area contributed by atoms with E-state index in [4.69, 9.17) is 4.74 Å². The lowest BCUT2D eigenvalue weighted by atomic mass is 9.96. The molecule has 0 heterocycles. The summed E-state index contributed by atoms with van der Waals surface area (Å²) in [5, 5.41) is 12.0. The lowest BCUT2D eigenvalue weighted by Gasteiger charge is -2.20. The second-order valence-electron chi connectivity index (χ2n) is 6.21. The fourth-order valence-corrected chi connectivity index (χ4v) is 2.43. The van der Waals surface area contributed by atoms with E-state index in [0.717, 1.165) is 0 Å². The van der Waals surface area contributed by atoms with Crippen LogP contribution in [0.15, 0.2) is 22.7 Å². The Balaban J connectivity index is 2.21. The van der Waals surface area contributed by atoms with Gasteiger partial charge >= 0.3 is 12.1 Å². The number of hydrogen-bond donors (Lipinski definition) is 2. The first kappa shape index (κ1) is 15.8. The summed E-state index contributed by atoms with van der Waals surface area (Å²) in [6.07, 6.45) is 0.673. The molecule has 1 fully saturated rings. The van der Waals surface area contributed by atoms with Crippen LogP contribution in [0, 0.1) is 0 Å². The molecule has 2 N–H and O–H groups in total. The van der Waals surface area contributed by atoms with Crippen molar-refractivity contribution >= 4 is 33.7 Å².